The van der Waals surface area contributed by atoms with E-state index in [1.807, 2.05) is 24.3 Å². The fourth-order valence-corrected chi connectivity index (χ4v) is 3.20. The van der Waals surface area contributed by atoms with Crippen LogP contribution in [-0.2, 0) is 4.79 Å². The highest BCUT2D eigenvalue weighted by molar-refractivity contribution is 6.03. The lowest BCUT2D eigenvalue weighted by atomic mass is 10.0. The van der Waals surface area contributed by atoms with Gasteiger partial charge in [0.15, 0.2) is 0 Å². The Morgan fingerprint density at radius 1 is 1.04 bits per heavy atom. The molecule has 0 aromatic heterocycles. The summed E-state index contributed by atoms with van der Waals surface area (Å²) in [5.74, 6) is -0.311. The van der Waals surface area contributed by atoms with Crippen LogP contribution in [0.5, 0.6) is 0 Å². The van der Waals surface area contributed by atoms with Gasteiger partial charge in [-0.25, -0.2) is 4.39 Å². The summed E-state index contributed by atoms with van der Waals surface area (Å²) in [4.78, 5) is 28.8. The molecular formula is C21H23FN2O2. The molecule has 1 saturated heterocycles. The summed E-state index contributed by atoms with van der Waals surface area (Å²) in [6.07, 6.45) is 0. The maximum atomic E-state index is 13.1. The first-order valence-corrected chi connectivity index (χ1v) is 8.86. The van der Waals surface area contributed by atoms with E-state index in [1.165, 1.54) is 29.8 Å². The van der Waals surface area contributed by atoms with Crippen molar-refractivity contribution >= 4 is 17.5 Å². The molecule has 1 aliphatic rings. The molecule has 1 unspecified atom stereocenters. The molecule has 1 fully saturated rings. The van der Waals surface area contributed by atoms with Crippen molar-refractivity contribution < 1.29 is 14.0 Å². The SMILES string of the molecule is CC(C)c1ccc(N2CCN(C(=O)c3ccc(F)cc3)C(C)C2=O)cc1. The van der Waals surface area contributed by atoms with Crippen LogP contribution < -0.4 is 4.90 Å². The van der Waals surface area contributed by atoms with Crippen LogP contribution in [0.4, 0.5) is 10.1 Å². The molecule has 1 aliphatic heterocycles. The van der Waals surface area contributed by atoms with E-state index in [1.54, 1.807) is 16.7 Å². The Kier molecular flexibility index (Phi) is 5.07. The zero-order chi connectivity index (χ0) is 18.8. The minimum Gasteiger partial charge on any atom is -0.325 e. The van der Waals surface area contributed by atoms with Crippen LogP contribution >= 0.6 is 0 Å². The predicted octanol–water partition coefficient (Wildman–Crippen LogP) is 3.83. The van der Waals surface area contributed by atoms with Gasteiger partial charge >= 0.3 is 0 Å². The van der Waals surface area contributed by atoms with Crippen LogP contribution in [0.15, 0.2) is 48.5 Å². The lowest BCUT2D eigenvalue weighted by Crippen LogP contribution is -2.57. The van der Waals surface area contributed by atoms with Crippen molar-refractivity contribution in [1.29, 1.82) is 0 Å². The van der Waals surface area contributed by atoms with Crippen LogP contribution in [0, 0.1) is 5.82 Å². The van der Waals surface area contributed by atoms with Crippen molar-refractivity contribution in [1.82, 2.24) is 4.90 Å². The molecule has 2 aromatic carbocycles. The largest absolute Gasteiger partial charge is 0.325 e. The van der Waals surface area contributed by atoms with E-state index in [0.29, 0.717) is 24.6 Å². The average molecular weight is 354 g/mol. The molecule has 1 heterocycles. The van der Waals surface area contributed by atoms with E-state index >= 15 is 0 Å². The van der Waals surface area contributed by atoms with Gasteiger partial charge in [-0.05, 0) is 54.8 Å². The minimum absolute atomic E-state index is 0.107. The molecule has 1 atom stereocenters. The number of carbonyl (C=O) groups excluding carboxylic acids is 2. The highest BCUT2D eigenvalue weighted by atomic mass is 19.1. The van der Waals surface area contributed by atoms with Crippen molar-refractivity contribution in [2.24, 2.45) is 0 Å². The highest BCUT2D eigenvalue weighted by Gasteiger charge is 2.35. The lowest BCUT2D eigenvalue weighted by Gasteiger charge is -2.39. The van der Waals surface area contributed by atoms with Crippen molar-refractivity contribution in [2.45, 2.75) is 32.7 Å². The molecule has 136 valence electrons. The van der Waals surface area contributed by atoms with E-state index in [-0.39, 0.29) is 17.6 Å². The fraction of sp³-hybridized carbons (Fsp3) is 0.333. The van der Waals surface area contributed by atoms with E-state index in [2.05, 4.69) is 13.8 Å². The molecular weight excluding hydrogens is 331 g/mol. The molecule has 2 amide bonds. The first-order chi connectivity index (χ1) is 12.4. The monoisotopic (exact) mass is 354 g/mol. The van der Waals surface area contributed by atoms with Gasteiger partial charge in [-0.2, -0.15) is 0 Å². The van der Waals surface area contributed by atoms with Crippen LogP contribution in [0.25, 0.3) is 0 Å². The summed E-state index contributed by atoms with van der Waals surface area (Å²) in [7, 11) is 0. The van der Waals surface area contributed by atoms with E-state index in [0.717, 1.165) is 5.69 Å². The Morgan fingerprint density at radius 2 is 1.65 bits per heavy atom. The number of amides is 2. The molecule has 0 radical (unpaired) electrons. The number of anilines is 1. The van der Waals surface area contributed by atoms with Gasteiger partial charge in [0.1, 0.15) is 11.9 Å². The molecule has 4 nitrogen and oxygen atoms in total. The number of nitrogens with zero attached hydrogens (tertiary/aromatic N) is 2. The third-order valence-electron chi connectivity index (χ3n) is 4.88. The third-order valence-corrected chi connectivity index (χ3v) is 4.88. The maximum Gasteiger partial charge on any atom is 0.254 e. The Hall–Kier alpha value is -2.69. The highest BCUT2D eigenvalue weighted by Crippen LogP contribution is 2.24. The van der Waals surface area contributed by atoms with Gasteiger partial charge in [0.05, 0.1) is 0 Å². The molecule has 0 saturated carbocycles. The standard InChI is InChI=1S/C21H23FN2O2/c1-14(2)16-6-10-19(11-7-16)24-13-12-23(15(3)20(24)25)21(26)17-4-8-18(22)9-5-17/h4-11,14-15H,12-13H2,1-3H3. The normalized spacial score (nSPS) is 17.7. The molecule has 5 heteroatoms. The van der Waals surface area contributed by atoms with Crippen LogP contribution in [0.3, 0.4) is 0 Å². The summed E-state index contributed by atoms with van der Waals surface area (Å²) < 4.78 is 13.1. The van der Waals surface area contributed by atoms with Gasteiger partial charge in [-0.15, -0.1) is 0 Å². The smallest absolute Gasteiger partial charge is 0.254 e. The second-order valence-corrected chi connectivity index (χ2v) is 6.92. The quantitative estimate of drug-likeness (QED) is 0.841. The first kappa shape index (κ1) is 18.1. The number of piperazine rings is 1. The number of rotatable bonds is 3. The Labute approximate surface area is 153 Å². The molecule has 0 spiro atoms. The third kappa shape index (κ3) is 3.47. The van der Waals surface area contributed by atoms with E-state index in [4.69, 9.17) is 0 Å². The summed E-state index contributed by atoms with van der Waals surface area (Å²) in [6.45, 7) is 6.87. The van der Waals surface area contributed by atoms with Crippen LogP contribution in [-0.4, -0.2) is 35.8 Å². The molecule has 0 N–H and O–H groups in total. The first-order valence-electron chi connectivity index (χ1n) is 8.86. The Morgan fingerprint density at radius 3 is 2.23 bits per heavy atom. The number of carbonyl (C=O) groups is 2. The van der Waals surface area contributed by atoms with Crippen molar-refractivity contribution in [2.75, 3.05) is 18.0 Å². The summed E-state index contributed by atoms with van der Waals surface area (Å²) in [5, 5.41) is 0. The number of hydrogen-bond acceptors (Lipinski definition) is 2. The van der Waals surface area contributed by atoms with Crippen molar-refractivity contribution in [3.05, 3.63) is 65.5 Å². The topological polar surface area (TPSA) is 40.6 Å². The number of halogens is 1. The van der Waals surface area contributed by atoms with Gasteiger partial charge in [0, 0.05) is 24.3 Å². The predicted molar refractivity (Wildman–Crippen MR) is 99.8 cm³/mol. The minimum atomic E-state index is -0.564. The molecule has 3 rings (SSSR count). The summed E-state index contributed by atoms with van der Waals surface area (Å²) in [6, 6.07) is 12.8. The summed E-state index contributed by atoms with van der Waals surface area (Å²) >= 11 is 0. The second-order valence-electron chi connectivity index (χ2n) is 6.92. The average Bonchev–Trinajstić information content (AvgIpc) is 2.64. The van der Waals surface area contributed by atoms with Gasteiger partial charge in [0.2, 0.25) is 5.91 Å². The van der Waals surface area contributed by atoms with Crippen molar-refractivity contribution in [3.63, 3.8) is 0 Å². The van der Waals surface area contributed by atoms with E-state index in [9.17, 15) is 14.0 Å². The van der Waals surface area contributed by atoms with Crippen molar-refractivity contribution in [3.8, 4) is 0 Å². The fourth-order valence-electron chi connectivity index (χ4n) is 3.20. The van der Waals surface area contributed by atoms with Gasteiger partial charge < -0.3 is 9.80 Å². The number of hydrogen-bond donors (Lipinski definition) is 0. The van der Waals surface area contributed by atoms with Crippen LogP contribution in [0.1, 0.15) is 42.6 Å². The van der Waals surface area contributed by atoms with Gasteiger partial charge in [-0.3, -0.25) is 9.59 Å². The summed E-state index contributed by atoms with van der Waals surface area (Å²) in [5.41, 5.74) is 2.46. The van der Waals surface area contributed by atoms with Crippen LogP contribution in [0.2, 0.25) is 0 Å². The Bertz CT molecular complexity index is 800. The number of benzene rings is 2. The second kappa shape index (κ2) is 7.28. The van der Waals surface area contributed by atoms with Gasteiger partial charge in [0.25, 0.3) is 5.91 Å². The van der Waals surface area contributed by atoms with E-state index < -0.39 is 6.04 Å². The maximum absolute atomic E-state index is 13.1. The zero-order valence-electron chi connectivity index (χ0n) is 15.3. The molecule has 0 aliphatic carbocycles. The molecule has 0 bridgehead atoms. The molecule has 2 aromatic rings. The lowest BCUT2D eigenvalue weighted by molar-refractivity contribution is -0.124. The molecule has 26 heavy (non-hydrogen) atoms. The van der Waals surface area contributed by atoms with Gasteiger partial charge in [-0.1, -0.05) is 26.0 Å². The zero-order valence-corrected chi connectivity index (χ0v) is 15.3. The Balaban J connectivity index is 1.76.